The first-order valence-electron chi connectivity index (χ1n) is 8.06. The number of benzene rings is 1. The van der Waals surface area contributed by atoms with Crippen molar-refractivity contribution in [3.63, 3.8) is 0 Å². The van der Waals surface area contributed by atoms with Crippen molar-refractivity contribution in [3.8, 4) is 0 Å². The second-order valence-electron chi connectivity index (χ2n) is 6.39. The second kappa shape index (κ2) is 7.88. The lowest BCUT2D eigenvalue weighted by Gasteiger charge is -2.12. The highest BCUT2D eigenvalue weighted by Gasteiger charge is 2.15. The topological polar surface area (TPSA) is 30.0 Å². The van der Waals surface area contributed by atoms with E-state index >= 15 is 0 Å². The Labute approximate surface area is 133 Å². The van der Waals surface area contributed by atoms with Crippen LogP contribution in [0.2, 0.25) is 0 Å². The highest BCUT2D eigenvalue weighted by molar-refractivity contribution is 5.85. The van der Waals surface area contributed by atoms with E-state index < -0.39 is 0 Å². The summed E-state index contributed by atoms with van der Waals surface area (Å²) in [6, 6.07) is 12.4. The number of aromatic nitrogens is 1. The quantitative estimate of drug-likeness (QED) is 0.748. The van der Waals surface area contributed by atoms with E-state index in [1.165, 1.54) is 5.56 Å². The molecule has 0 spiro atoms. The second-order valence-corrected chi connectivity index (χ2v) is 6.39. The van der Waals surface area contributed by atoms with Gasteiger partial charge < -0.3 is 0 Å². The van der Waals surface area contributed by atoms with Gasteiger partial charge in [0.1, 0.15) is 5.78 Å². The van der Waals surface area contributed by atoms with Crippen molar-refractivity contribution in [2.75, 3.05) is 0 Å². The number of hydrogen-bond acceptors (Lipinski definition) is 2. The molecule has 1 aromatic carbocycles. The molecule has 2 rings (SSSR count). The zero-order valence-electron chi connectivity index (χ0n) is 13.8. The minimum Gasteiger partial charge on any atom is -0.299 e. The number of hydrogen-bond donors (Lipinski definition) is 0. The van der Waals surface area contributed by atoms with Gasteiger partial charge in [0.25, 0.3) is 0 Å². The molecule has 2 nitrogen and oxygen atoms in total. The Balaban J connectivity index is 1.92. The molecule has 2 heteroatoms. The standard InChI is InChI=1S/C20H25NO/c1-15(2)13-17-6-9-19(10-7-17)16(3)20(22)11-8-18-5-4-12-21-14-18/h4-7,9-10,12,14-16H,8,11,13H2,1-3H3/t16-/m1/s1. The van der Waals surface area contributed by atoms with E-state index in [4.69, 9.17) is 0 Å². The molecule has 0 fully saturated rings. The summed E-state index contributed by atoms with van der Waals surface area (Å²) < 4.78 is 0. The van der Waals surface area contributed by atoms with Crippen LogP contribution in [0.5, 0.6) is 0 Å². The van der Waals surface area contributed by atoms with Gasteiger partial charge in [-0.25, -0.2) is 0 Å². The van der Waals surface area contributed by atoms with E-state index in [-0.39, 0.29) is 5.92 Å². The van der Waals surface area contributed by atoms with Gasteiger partial charge >= 0.3 is 0 Å². The molecule has 1 atom stereocenters. The van der Waals surface area contributed by atoms with E-state index in [2.05, 4.69) is 43.1 Å². The van der Waals surface area contributed by atoms with Crippen molar-refractivity contribution in [1.29, 1.82) is 0 Å². The number of rotatable bonds is 7. The number of pyridine rings is 1. The third-order valence-corrected chi connectivity index (χ3v) is 3.99. The molecule has 0 radical (unpaired) electrons. The van der Waals surface area contributed by atoms with Gasteiger partial charge in [-0.05, 0) is 41.5 Å². The highest BCUT2D eigenvalue weighted by Crippen LogP contribution is 2.20. The van der Waals surface area contributed by atoms with Crippen molar-refractivity contribution in [3.05, 3.63) is 65.5 Å². The predicted octanol–water partition coefficient (Wildman–Crippen LogP) is 4.59. The lowest BCUT2D eigenvalue weighted by Crippen LogP contribution is -2.10. The van der Waals surface area contributed by atoms with Crippen LogP contribution < -0.4 is 0 Å². The average Bonchev–Trinajstić information content (AvgIpc) is 2.53. The van der Waals surface area contributed by atoms with Gasteiger partial charge in [0.05, 0.1) is 0 Å². The first kappa shape index (κ1) is 16.4. The van der Waals surface area contributed by atoms with E-state index in [1.807, 2.05) is 25.3 Å². The summed E-state index contributed by atoms with van der Waals surface area (Å²) in [5.74, 6) is 0.912. The summed E-state index contributed by atoms with van der Waals surface area (Å²) in [5.41, 5.74) is 3.58. The molecule has 0 amide bonds. The molecule has 2 aromatic rings. The molecule has 22 heavy (non-hydrogen) atoms. The van der Waals surface area contributed by atoms with Crippen LogP contribution in [0.3, 0.4) is 0 Å². The summed E-state index contributed by atoms with van der Waals surface area (Å²) in [6.45, 7) is 6.44. The Morgan fingerprint density at radius 1 is 1.05 bits per heavy atom. The van der Waals surface area contributed by atoms with E-state index in [9.17, 15) is 4.79 Å². The van der Waals surface area contributed by atoms with Gasteiger partial charge in [-0.3, -0.25) is 9.78 Å². The zero-order valence-corrected chi connectivity index (χ0v) is 13.8. The maximum atomic E-state index is 12.4. The van der Waals surface area contributed by atoms with Crippen LogP contribution in [0.1, 0.15) is 49.8 Å². The number of carbonyl (C=O) groups excluding carboxylic acids is 1. The monoisotopic (exact) mass is 295 g/mol. The van der Waals surface area contributed by atoms with Crippen LogP contribution in [0.4, 0.5) is 0 Å². The largest absolute Gasteiger partial charge is 0.299 e. The first-order valence-corrected chi connectivity index (χ1v) is 8.06. The molecular weight excluding hydrogens is 270 g/mol. The molecular formula is C20H25NO. The van der Waals surface area contributed by atoms with Crippen LogP contribution in [0, 0.1) is 5.92 Å². The molecule has 0 aliphatic heterocycles. The summed E-state index contributed by atoms with van der Waals surface area (Å²) in [5, 5.41) is 0. The minimum absolute atomic E-state index is 0.0372. The van der Waals surface area contributed by atoms with Crippen LogP contribution in [-0.4, -0.2) is 10.8 Å². The Morgan fingerprint density at radius 2 is 1.77 bits per heavy atom. The fraction of sp³-hybridized carbons (Fsp3) is 0.400. The molecule has 0 bridgehead atoms. The van der Waals surface area contributed by atoms with Crippen molar-refractivity contribution < 1.29 is 4.79 Å². The lowest BCUT2D eigenvalue weighted by atomic mass is 9.91. The number of aryl methyl sites for hydroxylation is 1. The summed E-state index contributed by atoms with van der Waals surface area (Å²) in [7, 11) is 0. The Hall–Kier alpha value is -1.96. The third kappa shape index (κ3) is 4.80. The molecule has 0 aliphatic carbocycles. The van der Waals surface area contributed by atoms with Gasteiger partial charge in [-0.15, -0.1) is 0 Å². The molecule has 0 saturated carbocycles. The number of Topliss-reactive ketones (excluding diaryl/α,β-unsaturated/α-hetero) is 1. The summed E-state index contributed by atoms with van der Waals surface area (Å²) in [4.78, 5) is 16.4. The molecule has 1 heterocycles. The highest BCUT2D eigenvalue weighted by atomic mass is 16.1. The van der Waals surface area contributed by atoms with Crippen LogP contribution in [0.25, 0.3) is 0 Å². The average molecular weight is 295 g/mol. The third-order valence-electron chi connectivity index (χ3n) is 3.99. The number of carbonyl (C=O) groups is 1. The van der Waals surface area contributed by atoms with Gasteiger partial charge in [-0.2, -0.15) is 0 Å². The van der Waals surface area contributed by atoms with Crippen LogP contribution in [-0.2, 0) is 17.6 Å². The predicted molar refractivity (Wildman–Crippen MR) is 91.0 cm³/mol. The summed E-state index contributed by atoms with van der Waals surface area (Å²) in [6.07, 6.45) is 6.01. The Morgan fingerprint density at radius 3 is 2.36 bits per heavy atom. The van der Waals surface area contributed by atoms with Gasteiger partial charge in [0.15, 0.2) is 0 Å². The number of nitrogens with zero attached hydrogens (tertiary/aromatic N) is 1. The Bertz CT molecular complexity index is 587. The maximum Gasteiger partial charge on any atom is 0.140 e. The van der Waals surface area contributed by atoms with Gasteiger partial charge in [-0.1, -0.05) is 51.1 Å². The maximum absolute atomic E-state index is 12.4. The molecule has 0 unspecified atom stereocenters. The number of ketones is 1. The van der Waals surface area contributed by atoms with Crippen molar-refractivity contribution in [2.24, 2.45) is 5.92 Å². The lowest BCUT2D eigenvalue weighted by molar-refractivity contribution is -0.120. The van der Waals surface area contributed by atoms with E-state index in [0.717, 1.165) is 24.0 Å². The fourth-order valence-electron chi connectivity index (χ4n) is 2.63. The molecule has 0 aliphatic rings. The fourth-order valence-corrected chi connectivity index (χ4v) is 2.63. The molecule has 0 saturated heterocycles. The smallest absolute Gasteiger partial charge is 0.140 e. The van der Waals surface area contributed by atoms with Crippen molar-refractivity contribution in [2.45, 2.75) is 46.0 Å². The first-order chi connectivity index (χ1) is 10.6. The molecule has 1 aromatic heterocycles. The van der Waals surface area contributed by atoms with Crippen LogP contribution in [0.15, 0.2) is 48.8 Å². The van der Waals surface area contributed by atoms with Crippen molar-refractivity contribution >= 4 is 5.78 Å². The SMILES string of the molecule is CC(C)Cc1ccc([C@@H](C)C(=O)CCc2cccnc2)cc1. The zero-order chi connectivity index (χ0) is 15.9. The molecule has 116 valence electrons. The van der Waals surface area contributed by atoms with E-state index in [1.54, 1.807) is 6.20 Å². The normalized spacial score (nSPS) is 12.4. The Kier molecular flexibility index (Phi) is 5.88. The van der Waals surface area contributed by atoms with Crippen molar-refractivity contribution in [1.82, 2.24) is 4.98 Å². The van der Waals surface area contributed by atoms with E-state index in [0.29, 0.717) is 18.1 Å². The summed E-state index contributed by atoms with van der Waals surface area (Å²) >= 11 is 0. The van der Waals surface area contributed by atoms with Crippen LogP contribution >= 0.6 is 0 Å². The van der Waals surface area contributed by atoms with Gasteiger partial charge in [0.2, 0.25) is 0 Å². The molecule has 0 N–H and O–H groups in total. The van der Waals surface area contributed by atoms with Gasteiger partial charge in [0, 0.05) is 24.7 Å². The minimum atomic E-state index is -0.0372.